The Hall–Kier alpha value is -2.42. The highest BCUT2D eigenvalue weighted by Gasteiger charge is 1.99. The summed E-state index contributed by atoms with van der Waals surface area (Å²) < 4.78 is 4.53. The van der Waals surface area contributed by atoms with E-state index in [4.69, 9.17) is 0 Å². The van der Waals surface area contributed by atoms with Crippen LogP contribution in [0.1, 0.15) is 11.1 Å². The average Bonchev–Trinajstić information content (AvgIpc) is 2.46. The second-order valence-corrected chi connectivity index (χ2v) is 4.20. The van der Waals surface area contributed by atoms with Crippen molar-refractivity contribution in [1.29, 1.82) is 0 Å². The fraction of sp³-hybridized carbons (Fsp3) is 0.125. The summed E-state index contributed by atoms with van der Waals surface area (Å²) >= 11 is 0. The van der Waals surface area contributed by atoms with Gasteiger partial charge in [-0.25, -0.2) is 4.79 Å². The molecule has 0 saturated carbocycles. The quantitative estimate of drug-likeness (QED) is 0.622. The van der Waals surface area contributed by atoms with Gasteiger partial charge in [0.05, 0.1) is 12.8 Å². The van der Waals surface area contributed by atoms with Crippen LogP contribution in [-0.2, 0) is 9.53 Å². The second-order valence-electron chi connectivity index (χ2n) is 4.20. The number of hydrogen-bond donors (Lipinski definition) is 0. The maximum Gasteiger partial charge on any atom is 0.330 e. The summed E-state index contributed by atoms with van der Waals surface area (Å²) in [4.78, 5) is 15.4. The summed E-state index contributed by atoms with van der Waals surface area (Å²) in [5.74, 6) is -0.373. The Bertz CT molecular complexity index is 583. The Morgan fingerprint density at radius 1 is 1.16 bits per heavy atom. The SMILES string of the molecule is COC(=O)/C=C/c1ccc(-c2ccc(C)cc2)nc1. The predicted molar refractivity (Wildman–Crippen MR) is 75.5 cm³/mol. The van der Waals surface area contributed by atoms with E-state index in [1.165, 1.54) is 18.7 Å². The second kappa shape index (κ2) is 5.96. The molecule has 3 heteroatoms. The van der Waals surface area contributed by atoms with E-state index in [1.807, 2.05) is 24.3 Å². The maximum absolute atomic E-state index is 11.0. The number of pyridine rings is 1. The molecule has 1 heterocycles. The molecular formula is C16H15NO2. The molecule has 0 spiro atoms. The third kappa shape index (κ3) is 3.52. The van der Waals surface area contributed by atoms with Crippen LogP contribution in [0.15, 0.2) is 48.7 Å². The van der Waals surface area contributed by atoms with Gasteiger partial charge in [0, 0.05) is 17.8 Å². The zero-order valence-corrected chi connectivity index (χ0v) is 11.0. The molecule has 1 aromatic carbocycles. The molecule has 0 N–H and O–H groups in total. The first kappa shape index (κ1) is 13.0. The van der Waals surface area contributed by atoms with Crippen LogP contribution in [0.25, 0.3) is 17.3 Å². The first-order valence-corrected chi connectivity index (χ1v) is 5.98. The van der Waals surface area contributed by atoms with Crippen LogP contribution in [0, 0.1) is 6.92 Å². The standard InChI is InChI=1S/C16H15NO2/c1-12-3-7-14(8-4-12)15-9-5-13(11-17-15)6-10-16(18)19-2/h3-11H,1-2H3/b10-6+. The van der Waals surface area contributed by atoms with Gasteiger partial charge in [0.15, 0.2) is 0 Å². The van der Waals surface area contributed by atoms with Crippen LogP contribution in [0.4, 0.5) is 0 Å². The number of esters is 1. The smallest absolute Gasteiger partial charge is 0.330 e. The van der Waals surface area contributed by atoms with Gasteiger partial charge < -0.3 is 4.74 Å². The largest absolute Gasteiger partial charge is 0.466 e. The number of rotatable bonds is 3. The lowest BCUT2D eigenvalue weighted by Crippen LogP contribution is -1.93. The van der Waals surface area contributed by atoms with Gasteiger partial charge >= 0.3 is 5.97 Å². The van der Waals surface area contributed by atoms with Crippen molar-refractivity contribution in [2.75, 3.05) is 7.11 Å². The van der Waals surface area contributed by atoms with Gasteiger partial charge in [0.2, 0.25) is 0 Å². The van der Waals surface area contributed by atoms with Gasteiger partial charge in [0.1, 0.15) is 0 Å². The minimum atomic E-state index is -0.373. The molecule has 0 atom stereocenters. The maximum atomic E-state index is 11.0. The van der Waals surface area contributed by atoms with Gasteiger partial charge in [-0.1, -0.05) is 35.9 Å². The normalized spacial score (nSPS) is 10.6. The van der Waals surface area contributed by atoms with Gasteiger partial charge in [0.25, 0.3) is 0 Å². The van der Waals surface area contributed by atoms with E-state index < -0.39 is 0 Å². The van der Waals surface area contributed by atoms with Crippen molar-refractivity contribution in [2.45, 2.75) is 6.92 Å². The molecule has 0 radical (unpaired) electrons. The summed E-state index contributed by atoms with van der Waals surface area (Å²) in [5, 5.41) is 0. The van der Waals surface area contributed by atoms with Gasteiger partial charge in [-0.05, 0) is 24.6 Å². The van der Waals surface area contributed by atoms with E-state index in [9.17, 15) is 4.79 Å². The van der Waals surface area contributed by atoms with Crippen LogP contribution in [0.3, 0.4) is 0 Å². The van der Waals surface area contributed by atoms with Crippen LogP contribution in [-0.4, -0.2) is 18.1 Å². The Morgan fingerprint density at radius 3 is 2.47 bits per heavy atom. The van der Waals surface area contributed by atoms with Gasteiger partial charge in [-0.3, -0.25) is 4.98 Å². The highest BCUT2D eigenvalue weighted by Crippen LogP contribution is 2.17. The monoisotopic (exact) mass is 253 g/mol. The van der Waals surface area contributed by atoms with Crippen molar-refractivity contribution in [2.24, 2.45) is 0 Å². The molecule has 19 heavy (non-hydrogen) atoms. The van der Waals surface area contributed by atoms with Crippen molar-refractivity contribution in [3.8, 4) is 11.3 Å². The molecule has 0 aliphatic heterocycles. The van der Waals surface area contributed by atoms with E-state index in [0.29, 0.717) is 0 Å². The van der Waals surface area contributed by atoms with E-state index >= 15 is 0 Å². The number of aryl methyl sites for hydroxylation is 1. The summed E-state index contributed by atoms with van der Waals surface area (Å²) in [6, 6.07) is 12.1. The minimum absolute atomic E-state index is 0.373. The van der Waals surface area contributed by atoms with Crippen molar-refractivity contribution in [3.63, 3.8) is 0 Å². The number of benzene rings is 1. The Kier molecular flexibility index (Phi) is 4.08. The molecule has 1 aromatic heterocycles. The first-order chi connectivity index (χ1) is 9.19. The fourth-order valence-corrected chi connectivity index (χ4v) is 1.63. The van der Waals surface area contributed by atoms with Crippen LogP contribution < -0.4 is 0 Å². The fourth-order valence-electron chi connectivity index (χ4n) is 1.63. The lowest BCUT2D eigenvalue weighted by atomic mass is 10.1. The first-order valence-electron chi connectivity index (χ1n) is 5.98. The third-order valence-electron chi connectivity index (χ3n) is 2.75. The number of nitrogens with zero attached hydrogens (tertiary/aromatic N) is 1. The number of methoxy groups -OCH3 is 1. The number of hydrogen-bond acceptors (Lipinski definition) is 3. The molecular weight excluding hydrogens is 238 g/mol. The predicted octanol–water partition coefficient (Wildman–Crippen LogP) is 3.24. The zero-order valence-electron chi connectivity index (χ0n) is 11.0. The molecule has 2 aromatic rings. The van der Waals surface area contributed by atoms with E-state index in [2.05, 4.69) is 28.8 Å². The number of carbonyl (C=O) groups excluding carboxylic acids is 1. The number of ether oxygens (including phenoxy) is 1. The summed E-state index contributed by atoms with van der Waals surface area (Å²) in [7, 11) is 1.35. The summed E-state index contributed by atoms with van der Waals surface area (Å²) in [5.41, 5.74) is 4.08. The minimum Gasteiger partial charge on any atom is -0.466 e. The van der Waals surface area contributed by atoms with Crippen molar-refractivity contribution in [3.05, 3.63) is 59.8 Å². The van der Waals surface area contributed by atoms with Crippen LogP contribution in [0.5, 0.6) is 0 Å². The van der Waals surface area contributed by atoms with Crippen molar-refractivity contribution in [1.82, 2.24) is 4.98 Å². The topological polar surface area (TPSA) is 39.2 Å². The zero-order chi connectivity index (χ0) is 13.7. The van der Waals surface area contributed by atoms with Crippen LogP contribution >= 0.6 is 0 Å². The molecule has 0 fully saturated rings. The molecule has 2 rings (SSSR count). The molecule has 0 saturated heterocycles. The lowest BCUT2D eigenvalue weighted by molar-refractivity contribution is -0.134. The third-order valence-corrected chi connectivity index (χ3v) is 2.75. The van der Waals surface area contributed by atoms with E-state index in [1.54, 1.807) is 12.3 Å². The molecule has 0 aliphatic carbocycles. The molecule has 0 bridgehead atoms. The Morgan fingerprint density at radius 2 is 1.89 bits per heavy atom. The highest BCUT2D eigenvalue weighted by atomic mass is 16.5. The molecule has 96 valence electrons. The molecule has 0 amide bonds. The van der Waals surface area contributed by atoms with Crippen molar-refractivity contribution < 1.29 is 9.53 Å². The number of aromatic nitrogens is 1. The summed E-state index contributed by atoms with van der Waals surface area (Å²) in [6.45, 7) is 2.05. The van der Waals surface area contributed by atoms with Gasteiger partial charge in [-0.2, -0.15) is 0 Å². The Balaban J connectivity index is 2.16. The lowest BCUT2D eigenvalue weighted by Gasteiger charge is -2.02. The van der Waals surface area contributed by atoms with E-state index in [0.717, 1.165) is 16.8 Å². The summed E-state index contributed by atoms with van der Waals surface area (Å²) in [6.07, 6.45) is 4.79. The molecule has 3 nitrogen and oxygen atoms in total. The van der Waals surface area contributed by atoms with Crippen molar-refractivity contribution >= 4 is 12.0 Å². The molecule has 0 unspecified atom stereocenters. The van der Waals surface area contributed by atoms with Gasteiger partial charge in [-0.15, -0.1) is 0 Å². The number of carbonyl (C=O) groups is 1. The highest BCUT2D eigenvalue weighted by molar-refractivity contribution is 5.86. The average molecular weight is 253 g/mol. The molecule has 0 aliphatic rings. The van der Waals surface area contributed by atoms with Crippen LogP contribution in [0.2, 0.25) is 0 Å². The Labute approximate surface area is 112 Å². The van der Waals surface area contributed by atoms with E-state index in [-0.39, 0.29) is 5.97 Å².